The van der Waals surface area contributed by atoms with Gasteiger partial charge in [0.2, 0.25) is 0 Å². The summed E-state index contributed by atoms with van der Waals surface area (Å²) in [5.74, 6) is 0.930. The highest BCUT2D eigenvalue weighted by Gasteiger charge is 2.51. The Labute approximate surface area is 221 Å². The van der Waals surface area contributed by atoms with Gasteiger partial charge in [-0.15, -0.1) is 0 Å². The lowest BCUT2D eigenvalue weighted by molar-refractivity contribution is 0.00578. The smallest absolute Gasteiger partial charge is 0.488 e. The van der Waals surface area contributed by atoms with Gasteiger partial charge in [0.15, 0.2) is 11.5 Å². The van der Waals surface area contributed by atoms with E-state index < -0.39 is 41.7 Å². The zero-order valence-electron chi connectivity index (χ0n) is 23.9. The molecule has 11 heteroatoms. The molecule has 0 aromatic heterocycles. The van der Waals surface area contributed by atoms with Crippen LogP contribution >= 0.6 is 0 Å². The van der Waals surface area contributed by atoms with Crippen molar-refractivity contribution in [2.75, 3.05) is 26.3 Å². The molecule has 1 aliphatic heterocycles. The number of ether oxygens (including phenoxy) is 4. The number of carbonyl (C=O) groups is 2. The van der Waals surface area contributed by atoms with E-state index in [4.69, 9.17) is 28.3 Å². The van der Waals surface area contributed by atoms with Gasteiger partial charge in [0.25, 0.3) is 0 Å². The molecular weight excluding hydrogens is 479 g/mol. The number of alkyl carbamates (subject to hydrolysis) is 2. The Bertz CT molecular complexity index is 921. The van der Waals surface area contributed by atoms with Gasteiger partial charge >= 0.3 is 19.3 Å². The van der Waals surface area contributed by atoms with E-state index in [1.54, 1.807) is 53.7 Å². The third-order valence-electron chi connectivity index (χ3n) is 5.55. The summed E-state index contributed by atoms with van der Waals surface area (Å²) in [5.41, 5.74) is -1.37. The Morgan fingerprint density at radius 3 is 1.65 bits per heavy atom. The lowest BCUT2D eigenvalue weighted by Gasteiger charge is -2.32. The Kier molecular flexibility index (Phi) is 9.76. The lowest BCUT2D eigenvalue weighted by atomic mass is 9.79. The molecule has 2 amide bonds. The molecule has 0 bridgehead atoms. The van der Waals surface area contributed by atoms with Crippen molar-refractivity contribution in [3.63, 3.8) is 0 Å². The van der Waals surface area contributed by atoms with Gasteiger partial charge in [-0.1, -0.05) is 6.07 Å². The fraction of sp³-hybridized carbons (Fsp3) is 0.692. The molecule has 0 unspecified atom stereocenters. The van der Waals surface area contributed by atoms with Crippen molar-refractivity contribution in [3.8, 4) is 11.5 Å². The highest BCUT2D eigenvalue weighted by atomic mass is 16.7. The van der Waals surface area contributed by atoms with Gasteiger partial charge in [-0.2, -0.15) is 0 Å². The molecule has 1 aromatic rings. The molecule has 0 radical (unpaired) electrons. The molecule has 2 rings (SSSR count). The second kappa shape index (κ2) is 11.8. The highest BCUT2D eigenvalue weighted by Crippen LogP contribution is 2.37. The van der Waals surface area contributed by atoms with Crippen molar-refractivity contribution in [2.24, 2.45) is 0 Å². The summed E-state index contributed by atoms with van der Waals surface area (Å²) in [6.45, 7) is 19.6. The SMILES string of the molecule is CC(C)(C)OC(=O)NCCOc1ccc(B2OC(C)(C)C(C)(C)O2)cc1OCCNC(=O)OC(C)(C)C. The first-order chi connectivity index (χ1) is 16.9. The third kappa shape index (κ3) is 9.96. The zero-order valence-corrected chi connectivity index (χ0v) is 23.9. The van der Waals surface area contributed by atoms with Gasteiger partial charge in [-0.3, -0.25) is 0 Å². The minimum atomic E-state index is -0.587. The van der Waals surface area contributed by atoms with Crippen molar-refractivity contribution >= 4 is 24.8 Å². The number of benzene rings is 1. The molecule has 208 valence electrons. The molecule has 1 fully saturated rings. The summed E-state index contributed by atoms with van der Waals surface area (Å²) in [5, 5.41) is 5.32. The van der Waals surface area contributed by atoms with Crippen LogP contribution in [0.15, 0.2) is 18.2 Å². The first-order valence-corrected chi connectivity index (χ1v) is 12.6. The van der Waals surface area contributed by atoms with Crippen molar-refractivity contribution in [3.05, 3.63) is 18.2 Å². The van der Waals surface area contributed by atoms with Crippen LogP contribution in [0.25, 0.3) is 0 Å². The second-order valence-corrected chi connectivity index (χ2v) is 11.8. The zero-order chi connectivity index (χ0) is 28.1. The summed E-state index contributed by atoms with van der Waals surface area (Å²) in [6.07, 6.45) is -1.04. The quantitative estimate of drug-likeness (QED) is 0.372. The van der Waals surface area contributed by atoms with Gasteiger partial charge in [-0.25, -0.2) is 9.59 Å². The number of rotatable bonds is 9. The van der Waals surface area contributed by atoms with Gasteiger partial charge in [0.05, 0.1) is 24.3 Å². The molecule has 0 saturated carbocycles. The number of amides is 2. The molecular formula is C26H43BN2O8. The van der Waals surface area contributed by atoms with E-state index >= 15 is 0 Å². The van der Waals surface area contributed by atoms with E-state index in [9.17, 15) is 9.59 Å². The van der Waals surface area contributed by atoms with Gasteiger partial charge < -0.3 is 38.9 Å². The fourth-order valence-corrected chi connectivity index (χ4v) is 3.14. The molecule has 1 aromatic carbocycles. The topological polar surface area (TPSA) is 114 Å². The first kappa shape index (κ1) is 30.6. The summed E-state index contributed by atoms with van der Waals surface area (Å²) in [6, 6.07) is 5.42. The molecule has 37 heavy (non-hydrogen) atoms. The van der Waals surface area contributed by atoms with Crippen molar-refractivity contribution in [1.29, 1.82) is 0 Å². The Morgan fingerprint density at radius 1 is 0.784 bits per heavy atom. The first-order valence-electron chi connectivity index (χ1n) is 12.6. The molecule has 0 spiro atoms. The molecule has 1 saturated heterocycles. The largest absolute Gasteiger partial charge is 0.494 e. The fourth-order valence-electron chi connectivity index (χ4n) is 3.14. The van der Waals surface area contributed by atoms with Crippen LogP contribution in [-0.4, -0.2) is 68.0 Å². The molecule has 1 heterocycles. The number of nitrogens with one attached hydrogen (secondary N) is 2. The van der Waals surface area contributed by atoms with E-state index in [2.05, 4.69) is 10.6 Å². The monoisotopic (exact) mass is 522 g/mol. The maximum Gasteiger partial charge on any atom is 0.494 e. The van der Waals surface area contributed by atoms with Crippen LogP contribution < -0.4 is 25.6 Å². The second-order valence-electron chi connectivity index (χ2n) is 11.8. The van der Waals surface area contributed by atoms with Crippen LogP contribution in [0, 0.1) is 0 Å². The van der Waals surface area contributed by atoms with Crippen molar-refractivity contribution < 1.29 is 37.8 Å². The van der Waals surface area contributed by atoms with Crippen LogP contribution in [0.3, 0.4) is 0 Å². The van der Waals surface area contributed by atoms with E-state index in [1.807, 2.05) is 33.8 Å². The predicted molar refractivity (Wildman–Crippen MR) is 142 cm³/mol. The van der Waals surface area contributed by atoms with E-state index in [0.717, 1.165) is 5.46 Å². The number of hydrogen-bond acceptors (Lipinski definition) is 8. The molecule has 2 N–H and O–H groups in total. The average Bonchev–Trinajstić information content (AvgIpc) is 2.93. The summed E-state index contributed by atoms with van der Waals surface area (Å²) in [7, 11) is -0.574. The predicted octanol–water partition coefficient (Wildman–Crippen LogP) is 3.79. The van der Waals surface area contributed by atoms with Crippen molar-refractivity contribution in [2.45, 2.75) is 91.6 Å². The summed E-state index contributed by atoms with van der Waals surface area (Å²) in [4.78, 5) is 23.8. The van der Waals surface area contributed by atoms with Gasteiger partial charge in [-0.05, 0) is 86.8 Å². The number of hydrogen-bond donors (Lipinski definition) is 2. The molecule has 1 aliphatic rings. The van der Waals surface area contributed by atoms with Gasteiger partial charge in [0.1, 0.15) is 24.4 Å². The minimum absolute atomic E-state index is 0.179. The molecule has 0 aliphatic carbocycles. The van der Waals surface area contributed by atoms with E-state index in [0.29, 0.717) is 11.5 Å². The normalized spacial score (nSPS) is 16.6. The minimum Gasteiger partial charge on any atom is -0.488 e. The number of carbonyl (C=O) groups excluding carboxylic acids is 2. The standard InChI is InChI=1S/C26H43BN2O8/c1-23(2,3)34-21(30)28-13-15-32-19-12-11-18(27-36-25(7,8)26(9,10)37-27)17-20(19)33-16-14-29-22(31)35-24(4,5)6/h11-12,17H,13-16H2,1-10H3,(H,28,30)(H,29,31). The van der Waals surface area contributed by atoms with Crippen LogP contribution in [0.2, 0.25) is 0 Å². The Hall–Kier alpha value is -2.66. The summed E-state index contributed by atoms with van der Waals surface area (Å²) >= 11 is 0. The maximum atomic E-state index is 11.9. The summed E-state index contributed by atoms with van der Waals surface area (Å²) < 4.78 is 34.6. The van der Waals surface area contributed by atoms with Crippen molar-refractivity contribution in [1.82, 2.24) is 10.6 Å². The highest BCUT2D eigenvalue weighted by molar-refractivity contribution is 6.62. The third-order valence-corrected chi connectivity index (χ3v) is 5.55. The maximum absolute atomic E-state index is 11.9. The lowest BCUT2D eigenvalue weighted by Crippen LogP contribution is -2.41. The van der Waals surface area contributed by atoms with Gasteiger partial charge in [0, 0.05) is 0 Å². The Morgan fingerprint density at radius 2 is 1.22 bits per heavy atom. The van der Waals surface area contributed by atoms with Crippen LogP contribution in [0.5, 0.6) is 11.5 Å². The van der Waals surface area contributed by atoms with Crippen LogP contribution in [-0.2, 0) is 18.8 Å². The van der Waals surface area contributed by atoms with E-state index in [1.165, 1.54) is 0 Å². The van der Waals surface area contributed by atoms with Crippen LogP contribution in [0.1, 0.15) is 69.2 Å². The Balaban J connectivity index is 2.04. The molecule has 0 atom stereocenters. The van der Waals surface area contributed by atoms with Crippen LogP contribution in [0.4, 0.5) is 9.59 Å². The molecule has 10 nitrogen and oxygen atoms in total. The van der Waals surface area contributed by atoms with E-state index in [-0.39, 0.29) is 26.3 Å². The average molecular weight is 522 g/mol.